The first-order valence-electron chi connectivity index (χ1n) is 7.78. The van der Waals surface area contributed by atoms with Gasteiger partial charge < -0.3 is 0 Å². The summed E-state index contributed by atoms with van der Waals surface area (Å²) in [5.74, 6) is 0.456. The minimum atomic E-state index is -3.36. The van der Waals surface area contributed by atoms with E-state index in [9.17, 15) is 8.42 Å². The molecule has 0 spiro atoms. The fourth-order valence-corrected chi connectivity index (χ4v) is 4.62. The maximum absolute atomic E-state index is 12.7. The van der Waals surface area contributed by atoms with Crippen LogP contribution in [0, 0.1) is 0 Å². The second-order valence-electron chi connectivity index (χ2n) is 5.76. The van der Waals surface area contributed by atoms with Crippen LogP contribution in [0.1, 0.15) is 30.7 Å². The standard InChI is InChI=1S/C18H21NO2S/c20-22(21,18-11-5-2-6-12-18)19-14-7-10-17(13-15-19)16-8-3-1-4-9-16/h1-6,8-9,11-12,17H,7,10,13-15H2. The lowest BCUT2D eigenvalue weighted by Crippen LogP contribution is -2.32. The van der Waals surface area contributed by atoms with Crippen molar-refractivity contribution in [3.05, 3.63) is 66.2 Å². The van der Waals surface area contributed by atoms with Gasteiger partial charge in [0.25, 0.3) is 0 Å². The summed E-state index contributed by atoms with van der Waals surface area (Å²) in [5, 5.41) is 0. The Balaban J connectivity index is 1.76. The average Bonchev–Trinajstić information content (AvgIpc) is 2.83. The van der Waals surface area contributed by atoms with Gasteiger partial charge in [-0.15, -0.1) is 0 Å². The molecule has 0 N–H and O–H groups in total. The Bertz CT molecular complexity index is 698. The smallest absolute Gasteiger partial charge is 0.207 e. The van der Waals surface area contributed by atoms with Crippen LogP contribution in [0.5, 0.6) is 0 Å². The molecule has 22 heavy (non-hydrogen) atoms. The van der Waals surface area contributed by atoms with E-state index in [4.69, 9.17) is 0 Å². The Morgan fingerprint density at radius 1 is 0.818 bits per heavy atom. The molecule has 1 aliphatic rings. The van der Waals surface area contributed by atoms with Gasteiger partial charge in [-0.25, -0.2) is 8.42 Å². The fraction of sp³-hybridized carbons (Fsp3) is 0.333. The molecule has 2 aromatic carbocycles. The predicted molar refractivity (Wildman–Crippen MR) is 88.2 cm³/mol. The minimum Gasteiger partial charge on any atom is -0.207 e. The third-order valence-corrected chi connectivity index (χ3v) is 6.25. The first-order valence-corrected chi connectivity index (χ1v) is 9.22. The van der Waals surface area contributed by atoms with Crippen LogP contribution in [0.15, 0.2) is 65.6 Å². The van der Waals surface area contributed by atoms with Crippen molar-refractivity contribution in [3.63, 3.8) is 0 Å². The highest BCUT2D eigenvalue weighted by atomic mass is 32.2. The molecule has 3 rings (SSSR count). The molecule has 0 aliphatic carbocycles. The molecule has 1 fully saturated rings. The minimum absolute atomic E-state index is 0.396. The van der Waals surface area contributed by atoms with Gasteiger partial charge in [0.2, 0.25) is 10.0 Å². The maximum atomic E-state index is 12.7. The van der Waals surface area contributed by atoms with E-state index in [-0.39, 0.29) is 0 Å². The summed E-state index contributed by atoms with van der Waals surface area (Å²) in [5.41, 5.74) is 1.32. The van der Waals surface area contributed by atoms with Crippen molar-refractivity contribution in [2.45, 2.75) is 30.1 Å². The molecule has 116 valence electrons. The Hall–Kier alpha value is -1.65. The van der Waals surface area contributed by atoms with E-state index >= 15 is 0 Å². The summed E-state index contributed by atoms with van der Waals surface area (Å²) in [6.45, 7) is 1.21. The first kappa shape index (κ1) is 15.3. The maximum Gasteiger partial charge on any atom is 0.243 e. The monoisotopic (exact) mass is 315 g/mol. The van der Waals surface area contributed by atoms with Gasteiger partial charge >= 0.3 is 0 Å². The van der Waals surface area contributed by atoms with Gasteiger partial charge in [0.15, 0.2) is 0 Å². The van der Waals surface area contributed by atoms with E-state index in [2.05, 4.69) is 24.3 Å². The quantitative estimate of drug-likeness (QED) is 0.867. The normalized spacial score (nSPS) is 20.5. The van der Waals surface area contributed by atoms with Crippen LogP contribution in [-0.2, 0) is 10.0 Å². The fourth-order valence-electron chi connectivity index (χ4n) is 3.11. The van der Waals surface area contributed by atoms with E-state index in [0.717, 1.165) is 19.3 Å². The van der Waals surface area contributed by atoms with Crippen LogP contribution >= 0.6 is 0 Å². The van der Waals surface area contributed by atoms with Crippen molar-refractivity contribution < 1.29 is 8.42 Å². The molecule has 4 heteroatoms. The number of nitrogens with zero attached hydrogens (tertiary/aromatic N) is 1. The van der Waals surface area contributed by atoms with Crippen molar-refractivity contribution in [2.75, 3.05) is 13.1 Å². The molecule has 0 aromatic heterocycles. The third kappa shape index (κ3) is 3.23. The number of rotatable bonds is 3. The molecular formula is C18H21NO2S. The summed E-state index contributed by atoms with van der Waals surface area (Å²) in [4.78, 5) is 0.396. The summed E-state index contributed by atoms with van der Waals surface area (Å²) in [6.07, 6.45) is 2.84. The molecule has 0 bridgehead atoms. The average molecular weight is 315 g/mol. The molecule has 1 atom stereocenters. The summed E-state index contributed by atoms with van der Waals surface area (Å²) in [7, 11) is -3.36. The molecule has 3 nitrogen and oxygen atoms in total. The lowest BCUT2D eigenvalue weighted by Gasteiger charge is -2.20. The Morgan fingerprint density at radius 2 is 1.45 bits per heavy atom. The molecule has 1 saturated heterocycles. The van der Waals surface area contributed by atoms with Crippen LogP contribution in [0.2, 0.25) is 0 Å². The van der Waals surface area contributed by atoms with Crippen molar-refractivity contribution in [1.82, 2.24) is 4.31 Å². The highest BCUT2D eigenvalue weighted by Crippen LogP contribution is 2.29. The molecule has 2 aromatic rings. The molecule has 0 saturated carbocycles. The molecular weight excluding hydrogens is 294 g/mol. The van der Waals surface area contributed by atoms with Gasteiger partial charge in [0.1, 0.15) is 0 Å². The number of hydrogen-bond acceptors (Lipinski definition) is 2. The number of hydrogen-bond donors (Lipinski definition) is 0. The highest BCUT2D eigenvalue weighted by molar-refractivity contribution is 7.89. The zero-order valence-corrected chi connectivity index (χ0v) is 13.4. The second kappa shape index (κ2) is 6.63. The van der Waals surface area contributed by atoms with Gasteiger partial charge in [0.05, 0.1) is 4.90 Å². The van der Waals surface area contributed by atoms with E-state index in [1.54, 1.807) is 28.6 Å². The Labute approximate surface area is 132 Å². The zero-order chi connectivity index (χ0) is 15.4. The topological polar surface area (TPSA) is 37.4 Å². The van der Waals surface area contributed by atoms with Crippen LogP contribution in [0.4, 0.5) is 0 Å². The van der Waals surface area contributed by atoms with Crippen molar-refractivity contribution >= 4 is 10.0 Å². The number of benzene rings is 2. The van der Waals surface area contributed by atoms with E-state index in [1.165, 1.54) is 5.56 Å². The largest absolute Gasteiger partial charge is 0.243 e. The van der Waals surface area contributed by atoms with Crippen molar-refractivity contribution in [3.8, 4) is 0 Å². The Morgan fingerprint density at radius 3 is 2.14 bits per heavy atom. The van der Waals surface area contributed by atoms with Crippen LogP contribution in [0.3, 0.4) is 0 Å². The summed E-state index contributed by atoms with van der Waals surface area (Å²) < 4.78 is 27.1. The van der Waals surface area contributed by atoms with Gasteiger partial charge in [-0.3, -0.25) is 0 Å². The molecule has 0 radical (unpaired) electrons. The van der Waals surface area contributed by atoms with Crippen molar-refractivity contribution in [2.24, 2.45) is 0 Å². The van der Waals surface area contributed by atoms with Crippen LogP contribution < -0.4 is 0 Å². The summed E-state index contributed by atoms with van der Waals surface area (Å²) in [6, 6.07) is 19.2. The molecule has 1 aliphatic heterocycles. The second-order valence-corrected chi connectivity index (χ2v) is 7.69. The lowest BCUT2D eigenvalue weighted by molar-refractivity contribution is 0.421. The van der Waals surface area contributed by atoms with Crippen LogP contribution in [0.25, 0.3) is 0 Å². The first-order chi connectivity index (χ1) is 10.7. The predicted octanol–water partition coefficient (Wildman–Crippen LogP) is 3.65. The van der Waals surface area contributed by atoms with E-state index < -0.39 is 10.0 Å². The Kier molecular flexibility index (Phi) is 4.60. The van der Waals surface area contributed by atoms with Gasteiger partial charge in [-0.2, -0.15) is 4.31 Å². The SMILES string of the molecule is O=S(=O)(c1ccccc1)N1CCCC(c2ccccc2)CC1. The van der Waals surface area contributed by atoms with Crippen LogP contribution in [-0.4, -0.2) is 25.8 Å². The van der Waals surface area contributed by atoms with Gasteiger partial charge in [-0.05, 0) is 42.9 Å². The molecule has 1 heterocycles. The summed E-state index contributed by atoms with van der Waals surface area (Å²) >= 11 is 0. The van der Waals surface area contributed by atoms with E-state index in [0.29, 0.717) is 23.9 Å². The third-order valence-electron chi connectivity index (χ3n) is 4.34. The molecule has 0 amide bonds. The number of sulfonamides is 1. The lowest BCUT2D eigenvalue weighted by atomic mass is 9.92. The highest BCUT2D eigenvalue weighted by Gasteiger charge is 2.27. The van der Waals surface area contributed by atoms with Gasteiger partial charge in [0, 0.05) is 13.1 Å². The molecule has 1 unspecified atom stereocenters. The van der Waals surface area contributed by atoms with Gasteiger partial charge in [-0.1, -0.05) is 48.5 Å². The van der Waals surface area contributed by atoms with E-state index in [1.807, 2.05) is 12.1 Å². The van der Waals surface area contributed by atoms with Crippen molar-refractivity contribution in [1.29, 1.82) is 0 Å². The zero-order valence-electron chi connectivity index (χ0n) is 12.6.